The number of hydrogen-bond acceptors (Lipinski definition) is 5. The highest BCUT2D eigenvalue weighted by atomic mass is 16.1. The lowest BCUT2D eigenvalue weighted by Crippen LogP contribution is -2.47. The zero-order valence-electron chi connectivity index (χ0n) is 10.8. The predicted octanol–water partition coefficient (Wildman–Crippen LogP) is 0.203. The minimum Gasteiger partial charge on any atom is -0.363 e. The maximum absolute atomic E-state index is 11.3. The van der Waals surface area contributed by atoms with Crippen LogP contribution in [0.1, 0.15) is 20.8 Å². The van der Waals surface area contributed by atoms with E-state index in [0.717, 1.165) is 0 Å². The summed E-state index contributed by atoms with van der Waals surface area (Å²) in [6.07, 6.45) is 1.45. The average Bonchev–Trinajstić information content (AvgIpc) is 2.70. The summed E-state index contributed by atoms with van der Waals surface area (Å²) in [7, 11) is 0. The average molecular weight is 250 g/mol. The van der Waals surface area contributed by atoms with Gasteiger partial charge in [-0.15, -0.1) is 0 Å². The molecule has 0 bridgehead atoms. The van der Waals surface area contributed by atoms with E-state index >= 15 is 0 Å². The Morgan fingerprint density at radius 2 is 2.33 bits per heavy atom. The molecule has 0 fully saturated rings. The van der Waals surface area contributed by atoms with Crippen LogP contribution >= 0.6 is 0 Å². The fourth-order valence-electron chi connectivity index (χ4n) is 1.60. The second kappa shape index (κ2) is 4.41. The zero-order valence-corrected chi connectivity index (χ0v) is 10.8. The van der Waals surface area contributed by atoms with E-state index in [1.165, 1.54) is 10.7 Å². The van der Waals surface area contributed by atoms with Crippen molar-refractivity contribution in [2.24, 2.45) is 11.7 Å². The molecule has 4 N–H and O–H groups in total. The number of H-pyrrole nitrogens is 1. The van der Waals surface area contributed by atoms with E-state index in [-0.39, 0.29) is 11.2 Å². The molecule has 0 spiro atoms. The largest absolute Gasteiger partial charge is 0.363 e. The Bertz CT molecular complexity index is 601. The lowest BCUT2D eigenvalue weighted by molar-refractivity contribution is 0.381. The molecule has 0 aliphatic carbocycles. The standard InChI is InChI=1S/C11H18N6O/c1-7(2)11(3,5-12)14-8-4-9-15-16-10(18)17(9)6-13-8/h4,6-7,14H,5,12H2,1-3H3,(H,16,18). The van der Waals surface area contributed by atoms with Crippen LogP contribution in [0.3, 0.4) is 0 Å². The molecule has 1 unspecified atom stereocenters. The van der Waals surface area contributed by atoms with Crippen molar-refractivity contribution in [2.75, 3.05) is 11.9 Å². The quantitative estimate of drug-likeness (QED) is 0.719. The molecule has 2 rings (SSSR count). The van der Waals surface area contributed by atoms with Crippen LogP contribution in [0.15, 0.2) is 17.2 Å². The molecule has 7 nitrogen and oxygen atoms in total. The first-order valence-electron chi connectivity index (χ1n) is 5.87. The molecular formula is C11H18N6O. The monoisotopic (exact) mass is 250 g/mol. The molecule has 1 atom stereocenters. The Morgan fingerprint density at radius 3 is 2.94 bits per heavy atom. The van der Waals surface area contributed by atoms with Crippen molar-refractivity contribution in [1.29, 1.82) is 0 Å². The molecule has 0 aliphatic heterocycles. The van der Waals surface area contributed by atoms with E-state index in [1.54, 1.807) is 6.07 Å². The van der Waals surface area contributed by atoms with Gasteiger partial charge in [0.1, 0.15) is 12.1 Å². The van der Waals surface area contributed by atoms with Crippen molar-refractivity contribution in [2.45, 2.75) is 26.3 Å². The highest BCUT2D eigenvalue weighted by Gasteiger charge is 2.26. The number of fused-ring (bicyclic) bond motifs is 1. The number of hydrogen-bond donors (Lipinski definition) is 3. The van der Waals surface area contributed by atoms with E-state index in [0.29, 0.717) is 23.9 Å². The van der Waals surface area contributed by atoms with Crippen LogP contribution in [-0.4, -0.2) is 31.7 Å². The van der Waals surface area contributed by atoms with Crippen molar-refractivity contribution in [1.82, 2.24) is 19.6 Å². The molecule has 0 aliphatic rings. The summed E-state index contributed by atoms with van der Waals surface area (Å²) in [6.45, 7) is 6.72. The summed E-state index contributed by atoms with van der Waals surface area (Å²) in [6, 6.07) is 1.72. The number of aromatic amines is 1. The zero-order chi connectivity index (χ0) is 13.3. The SMILES string of the molecule is CC(C)C(C)(CN)Nc1cc2n[nH]c(=O)n2cn1. The number of anilines is 1. The van der Waals surface area contributed by atoms with Crippen molar-refractivity contribution < 1.29 is 0 Å². The number of nitrogens with one attached hydrogen (secondary N) is 2. The number of nitrogens with zero attached hydrogens (tertiary/aromatic N) is 3. The van der Waals surface area contributed by atoms with E-state index in [2.05, 4.69) is 34.3 Å². The lowest BCUT2D eigenvalue weighted by Gasteiger charge is -2.34. The molecule has 0 aromatic carbocycles. The van der Waals surface area contributed by atoms with Crippen LogP contribution in [0.2, 0.25) is 0 Å². The van der Waals surface area contributed by atoms with Crippen molar-refractivity contribution in [3.05, 3.63) is 22.9 Å². The Hall–Kier alpha value is -1.89. The predicted molar refractivity (Wildman–Crippen MR) is 69.5 cm³/mol. The Kier molecular flexibility index (Phi) is 3.08. The van der Waals surface area contributed by atoms with Gasteiger partial charge in [-0.05, 0) is 12.8 Å². The molecule has 18 heavy (non-hydrogen) atoms. The third-order valence-corrected chi connectivity index (χ3v) is 3.42. The van der Waals surface area contributed by atoms with E-state index < -0.39 is 0 Å². The fourth-order valence-corrected chi connectivity index (χ4v) is 1.60. The number of rotatable bonds is 4. The second-order valence-electron chi connectivity index (χ2n) is 4.93. The summed E-state index contributed by atoms with van der Waals surface area (Å²) in [4.78, 5) is 15.5. The number of nitrogens with two attached hydrogens (primary N) is 1. The van der Waals surface area contributed by atoms with Gasteiger partial charge in [-0.25, -0.2) is 19.3 Å². The van der Waals surface area contributed by atoms with Gasteiger partial charge in [-0.1, -0.05) is 13.8 Å². The van der Waals surface area contributed by atoms with Gasteiger partial charge in [0.2, 0.25) is 0 Å². The Balaban J connectivity index is 2.34. The third kappa shape index (κ3) is 2.08. The summed E-state index contributed by atoms with van der Waals surface area (Å²) in [5.74, 6) is 1.00. The highest BCUT2D eigenvalue weighted by Crippen LogP contribution is 2.20. The van der Waals surface area contributed by atoms with Crippen LogP contribution in [0.4, 0.5) is 5.82 Å². The van der Waals surface area contributed by atoms with Crippen LogP contribution in [0.25, 0.3) is 5.65 Å². The topological polar surface area (TPSA) is 101 Å². The van der Waals surface area contributed by atoms with Gasteiger partial charge in [0, 0.05) is 12.6 Å². The molecular weight excluding hydrogens is 232 g/mol. The fraction of sp³-hybridized carbons (Fsp3) is 0.545. The van der Waals surface area contributed by atoms with Crippen LogP contribution in [-0.2, 0) is 0 Å². The van der Waals surface area contributed by atoms with Gasteiger partial charge in [-0.2, -0.15) is 5.10 Å². The van der Waals surface area contributed by atoms with Crippen LogP contribution < -0.4 is 16.7 Å². The van der Waals surface area contributed by atoms with Crippen molar-refractivity contribution in [3.63, 3.8) is 0 Å². The van der Waals surface area contributed by atoms with Crippen molar-refractivity contribution >= 4 is 11.5 Å². The molecule has 98 valence electrons. The molecule has 2 heterocycles. The van der Waals surface area contributed by atoms with Gasteiger partial charge in [0.25, 0.3) is 0 Å². The maximum Gasteiger partial charge on any atom is 0.348 e. The van der Waals surface area contributed by atoms with Gasteiger partial charge in [-0.3, -0.25) is 0 Å². The molecule has 0 amide bonds. The van der Waals surface area contributed by atoms with Crippen LogP contribution in [0, 0.1) is 5.92 Å². The van der Waals surface area contributed by atoms with E-state index in [1.807, 2.05) is 6.92 Å². The first-order chi connectivity index (χ1) is 8.46. The Morgan fingerprint density at radius 1 is 1.61 bits per heavy atom. The van der Waals surface area contributed by atoms with Gasteiger partial charge >= 0.3 is 5.69 Å². The molecule has 2 aromatic rings. The lowest BCUT2D eigenvalue weighted by atomic mass is 9.88. The minimum atomic E-state index is -0.297. The molecule has 2 aromatic heterocycles. The molecule has 7 heteroatoms. The van der Waals surface area contributed by atoms with Gasteiger partial charge in [0.15, 0.2) is 5.65 Å². The van der Waals surface area contributed by atoms with E-state index in [9.17, 15) is 4.79 Å². The second-order valence-corrected chi connectivity index (χ2v) is 4.93. The maximum atomic E-state index is 11.3. The smallest absolute Gasteiger partial charge is 0.348 e. The molecule has 0 saturated carbocycles. The highest BCUT2D eigenvalue weighted by molar-refractivity contribution is 5.49. The summed E-state index contributed by atoms with van der Waals surface area (Å²) < 4.78 is 1.35. The molecule has 0 radical (unpaired) electrons. The summed E-state index contributed by atoms with van der Waals surface area (Å²) >= 11 is 0. The van der Waals surface area contributed by atoms with Crippen LogP contribution in [0.5, 0.6) is 0 Å². The van der Waals surface area contributed by atoms with Gasteiger partial charge < -0.3 is 11.1 Å². The summed E-state index contributed by atoms with van der Waals surface area (Å²) in [5.41, 5.74) is 5.79. The van der Waals surface area contributed by atoms with Crippen molar-refractivity contribution in [3.8, 4) is 0 Å². The van der Waals surface area contributed by atoms with Gasteiger partial charge in [0.05, 0.1) is 5.54 Å². The van der Waals surface area contributed by atoms with E-state index in [4.69, 9.17) is 5.73 Å². The Labute approximate surface area is 104 Å². The number of aromatic nitrogens is 4. The first-order valence-corrected chi connectivity index (χ1v) is 5.87. The molecule has 0 saturated heterocycles. The normalized spacial score (nSPS) is 14.9. The first kappa shape index (κ1) is 12.6. The third-order valence-electron chi connectivity index (χ3n) is 3.42. The minimum absolute atomic E-state index is 0.248. The summed E-state index contributed by atoms with van der Waals surface area (Å²) in [5, 5.41) is 9.56.